The molecule has 0 fully saturated rings. The molecule has 0 rings (SSSR count). The van der Waals surface area contributed by atoms with Gasteiger partial charge in [0.1, 0.15) is 0 Å². The van der Waals surface area contributed by atoms with Crippen LogP contribution in [-0.4, -0.2) is 33.2 Å². The molecule has 3 N–H and O–H groups in total. The fourth-order valence-corrected chi connectivity index (χ4v) is 5.59. The Morgan fingerprint density at radius 2 is 0.784 bits per heavy atom. The molecule has 0 aromatic rings. The van der Waals surface area contributed by atoms with Gasteiger partial charge in [0, 0.05) is 12.8 Å². The molecule has 6 nitrogen and oxygen atoms in total. The van der Waals surface area contributed by atoms with Crippen LogP contribution in [0.3, 0.4) is 0 Å². The molecule has 0 aromatic carbocycles. The molecule has 0 saturated heterocycles. The molecular formula is C45H86O6. The molecule has 0 bridgehead atoms. The van der Waals surface area contributed by atoms with Gasteiger partial charge < -0.3 is 15.3 Å². The first-order valence-corrected chi connectivity index (χ1v) is 21.5. The highest BCUT2D eigenvalue weighted by Gasteiger charge is 2.00. The molecule has 0 aromatic heterocycles. The van der Waals surface area contributed by atoms with Gasteiger partial charge in [0.25, 0.3) is 0 Å². The molecule has 51 heavy (non-hydrogen) atoms. The van der Waals surface area contributed by atoms with Crippen LogP contribution in [0.25, 0.3) is 0 Å². The van der Waals surface area contributed by atoms with Crippen molar-refractivity contribution >= 4 is 17.9 Å². The minimum Gasteiger partial charge on any atom is -0.481 e. The Kier molecular flexibility index (Phi) is 46.0. The zero-order valence-corrected chi connectivity index (χ0v) is 34.7. The number of hydrogen-bond acceptors (Lipinski definition) is 3. The Balaban J connectivity index is -0.000000731. The first-order chi connectivity index (χ1) is 24.5. The Labute approximate surface area is 316 Å². The molecule has 0 heterocycles. The monoisotopic (exact) mass is 723 g/mol. The van der Waals surface area contributed by atoms with Crippen molar-refractivity contribution in [2.75, 3.05) is 0 Å². The van der Waals surface area contributed by atoms with E-state index in [1.165, 1.54) is 141 Å². The van der Waals surface area contributed by atoms with Crippen LogP contribution >= 0.6 is 0 Å². The summed E-state index contributed by atoms with van der Waals surface area (Å²) in [6.07, 6.45) is 41.3. The van der Waals surface area contributed by atoms with E-state index in [-0.39, 0.29) is 6.42 Å². The topological polar surface area (TPSA) is 112 Å². The van der Waals surface area contributed by atoms with Crippen molar-refractivity contribution in [1.29, 1.82) is 0 Å². The predicted molar refractivity (Wildman–Crippen MR) is 220 cm³/mol. The smallest absolute Gasteiger partial charge is 0.307 e. The summed E-state index contributed by atoms with van der Waals surface area (Å²) in [6, 6.07) is 0. The van der Waals surface area contributed by atoms with Crippen molar-refractivity contribution in [3.05, 3.63) is 23.8 Å². The van der Waals surface area contributed by atoms with Crippen molar-refractivity contribution in [3.63, 3.8) is 0 Å². The van der Waals surface area contributed by atoms with Crippen LogP contribution in [0.4, 0.5) is 0 Å². The first kappa shape index (κ1) is 53.2. The van der Waals surface area contributed by atoms with E-state index >= 15 is 0 Å². The average Bonchev–Trinajstić information content (AvgIpc) is 3.10. The third kappa shape index (κ3) is 54.8. The summed E-state index contributed by atoms with van der Waals surface area (Å²) in [5.74, 6) is -0.263. The summed E-state index contributed by atoms with van der Waals surface area (Å²) in [7, 11) is 0. The number of hydrogen-bond donors (Lipinski definition) is 3. The summed E-state index contributed by atoms with van der Waals surface area (Å²) in [5, 5.41) is 25.3. The molecule has 0 spiro atoms. The second kappa shape index (κ2) is 44.1. The number of carboxylic acid groups (broad SMARTS) is 3. The van der Waals surface area contributed by atoms with Crippen molar-refractivity contribution in [1.82, 2.24) is 0 Å². The van der Waals surface area contributed by atoms with E-state index in [1.807, 2.05) is 13.8 Å². The van der Waals surface area contributed by atoms with Gasteiger partial charge in [-0.15, -0.1) is 0 Å². The van der Waals surface area contributed by atoms with Gasteiger partial charge in [0.05, 0.1) is 6.42 Å². The summed E-state index contributed by atoms with van der Waals surface area (Å²) >= 11 is 0. The van der Waals surface area contributed by atoms with E-state index in [0.29, 0.717) is 12.8 Å². The lowest BCUT2D eigenvalue weighted by atomic mass is 9.99. The van der Waals surface area contributed by atoms with Gasteiger partial charge in [-0.1, -0.05) is 187 Å². The molecule has 0 aliphatic rings. The van der Waals surface area contributed by atoms with Gasteiger partial charge in [0.15, 0.2) is 0 Å². The Morgan fingerprint density at radius 1 is 0.471 bits per heavy atom. The van der Waals surface area contributed by atoms with Crippen LogP contribution in [0.15, 0.2) is 23.8 Å². The van der Waals surface area contributed by atoms with Crippen LogP contribution in [0.5, 0.6) is 0 Å². The fraction of sp³-hybridized carbons (Fsp3) is 0.844. The average molecular weight is 723 g/mol. The molecule has 0 saturated carbocycles. The van der Waals surface area contributed by atoms with E-state index in [9.17, 15) is 14.4 Å². The molecule has 0 amide bonds. The maximum Gasteiger partial charge on any atom is 0.307 e. The maximum absolute atomic E-state index is 10.3. The highest BCUT2D eigenvalue weighted by molar-refractivity contribution is 5.68. The fourth-order valence-electron chi connectivity index (χ4n) is 5.59. The van der Waals surface area contributed by atoms with E-state index in [0.717, 1.165) is 49.5 Å². The minimum absolute atomic E-state index is 0.152. The largest absolute Gasteiger partial charge is 0.481 e. The van der Waals surface area contributed by atoms with Gasteiger partial charge in [-0.3, -0.25) is 14.4 Å². The number of allylic oxidation sites excluding steroid dienone is 3. The molecule has 0 radical (unpaired) electrons. The molecule has 2 unspecified atom stereocenters. The van der Waals surface area contributed by atoms with Crippen LogP contribution in [-0.2, 0) is 14.4 Å². The van der Waals surface area contributed by atoms with E-state index in [1.54, 1.807) is 6.08 Å². The van der Waals surface area contributed by atoms with Crippen LogP contribution in [0.2, 0.25) is 0 Å². The molecule has 6 heteroatoms. The summed E-state index contributed by atoms with van der Waals surface area (Å²) in [4.78, 5) is 30.7. The third-order valence-corrected chi connectivity index (χ3v) is 9.91. The normalized spacial score (nSPS) is 12.5. The zero-order chi connectivity index (χ0) is 38.8. The number of rotatable bonds is 34. The zero-order valence-electron chi connectivity index (χ0n) is 34.7. The lowest BCUT2D eigenvalue weighted by Crippen LogP contribution is -1.93. The summed E-state index contributed by atoms with van der Waals surface area (Å²) in [6.45, 7) is 13.2. The molecule has 0 aliphatic heterocycles. The Bertz CT molecular complexity index is 818. The van der Waals surface area contributed by atoms with Crippen molar-refractivity contribution < 1.29 is 29.7 Å². The highest BCUT2D eigenvalue weighted by atomic mass is 16.4. The van der Waals surface area contributed by atoms with Crippen molar-refractivity contribution in [3.8, 4) is 0 Å². The predicted octanol–water partition coefficient (Wildman–Crippen LogP) is 14.8. The second-order valence-corrected chi connectivity index (χ2v) is 15.0. The van der Waals surface area contributed by atoms with Crippen LogP contribution in [0.1, 0.15) is 234 Å². The summed E-state index contributed by atoms with van der Waals surface area (Å²) in [5.41, 5.74) is 1.14. The van der Waals surface area contributed by atoms with Gasteiger partial charge in [-0.05, 0) is 63.7 Å². The highest BCUT2D eigenvalue weighted by Crippen LogP contribution is 2.16. The second-order valence-electron chi connectivity index (χ2n) is 15.0. The number of aliphatic carboxylic acids is 3. The van der Waals surface area contributed by atoms with E-state index in [4.69, 9.17) is 15.3 Å². The summed E-state index contributed by atoms with van der Waals surface area (Å²) < 4.78 is 0. The molecular weight excluding hydrogens is 636 g/mol. The quantitative estimate of drug-likeness (QED) is 0.0450. The lowest BCUT2D eigenvalue weighted by Gasteiger charge is -2.07. The van der Waals surface area contributed by atoms with E-state index < -0.39 is 17.9 Å². The van der Waals surface area contributed by atoms with Gasteiger partial charge in [0.2, 0.25) is 0 Å². The SMILES string of the molecule is CC/C(C)=C/CC(=O)O.CCC(C)CCCCC/C=C/CCCCCCCC(=O)O.CCC(C)CCCCCCCCCCCCCCC(=O)O. The maximum atomic E-state index is 10.3. The van der Waals surface area contributed by atoms with Gasteiger partial charge >= 0.3 is 17.9 Å². The van der Waals surface area contributed by atoms with E-state index in [2.05, 4.69) is 39.8 Å². The number of unbranched alkanes of at least 4 members (excludes halogenated alkanes) is 19. The minimum atomic E-state index is -0.761. The van der Waals surface area contributed by atoms with Crippen LogP contribution < -0.4 is 0 Å². The van der Waals surface area contributed by atoms with Crippen molar-refractivity contribution in [2.45, 2.75) is 234 Å². The molecule has 2 atom stereocenters. The third-order valence-electron chi connectivity index (χ3n) is 9.91. The van der Waals surface area contributed by atoms with Crippen molar-refractivity contribution in [2.24, 2.45) is 11.8 Å². The van der Waals surface area contributed by atoms with Gasteiger partial charge in [-0.2, -0.15) is 0 Å². The Morgan fingerprint density at radius 3 is 1.10 bits per heavy atom. The molecule has 302 valence electrons. The number of carbonyl (C=O) groups is 3. The Hall–Kier alpha value is -2.11. The first-order valence-electron chi connectivity index (χ1n) is 21.5. The lowest BCUT2D eigenvalue weighted by molar-refractivity contribution is -0.138. The molecule has 0 aliphatic carbocycles. The van der Waals surface area contributed by atoms with Crippen LogP contribution in [0, 0.1) is 11.8 Å². The van der Waals surface area contributed by atoms with Gasteiger partial charge in [-0.25, -0.2) is 0 Å². The number of carboxylic acids is 3. The standard InChI is InChI=1S/C19H38O2.C19H36O2.C7H12O2/c2*1-3-18(2)16-14-12-10-8-6-4-5-7-9-11-13-15-17-19(20)21;1-3-6(2)4-5-7(8)9/h18H,3-17H2,1-2H3,(H,20,21);4,6,18H,3,5,7-17H2,1-2H3,(H,20,21);4H,3,5H2,1-2H3,(H,8,9)/b;2*6-4+.